The van der Waals surface area contributed by atoms with Crippen molar-refractivity contribution in [2.75, 3.05) is 46.2 Å². The summed E-state index contributed by atoms with van der Waals surface area (Å²) in [5.41, 5.74) is -8.22. The summed E-state index contributed by atoms with van der Waals surface area (Å²) in [6.07, 6.45) is -4.76. The number of carbonyl (C=O) groups is 6. The lowest BCUT2D eigenvalue weighted by molar-refractivity contribution is -0.222. The number of esters is 2. The summed E-state index contributed by atoms with van der Waals surface area (Å²) in [7, 11) is 0. The number of aromatic carboxylic acids is 1. The number of hydrogen-bond acceptors (Lipinski definition) is 26. The molecule has 0 saturated heterocycles. The number of carbonyl (C=O) groups excluding carboxylic acids is 4. The van der Waals surface area contributed by atoms with Crippen molar-refractivity contribution in [1.82, 2.24) is 74.5 Å². The van der Waals surface area contributed by atoms with Crippen LogP contribution in [0.3, 0.4) is 0 Å². The average molecular weight is 2180 g/mol. The molecule has 816 valence electrons. The largest absolute Gasteiger partial charge is 0.481 e. The molecule has 0 amide bonds. The molecular weight excluding hydrogens is 2040 g/mol. The third kappa shape index (κ3) is 58.5. The number of ether oxygens (including phenoxy) is 9. The van der Waals surface area contributed by atoms with Gasteiger partial charge in [-0.05, 0) is 188 Å². The van der Waals surface area contributed by atoms with Gasteiger partial charge >= 0.3 is 54.6 Å². The Balaban J connectivity index is -0.00000156. The maximum Gasteiger partial charge on any atom is 0.435 e. The third-order valence-corrected chi connectivity index (χ3v) is 16.8. The number of pyridine rings is 3. The first-order valence-corrected chi connectivity index (χ1v) is 45.0. The van der Waals surface area contributed by atoms with Crippen LogP contribution in [0.25, 0.3) is 11.6 Å². The van der Waals surface area contributed by atoms with E-state index in [1.54, 1.807) is 122 Å². The van der Waals surface area contributed by atoms with Crippen LogP contribution in [0.15, 0.2) is 115 Å². The second-order valence-corrected chi connectivity index (χ2v) is 44.3. The van der Waals surface area contributed by atoms with Gasteiger partial charge in [0.15, 0.2) is 17.1 Å². The van der Waals surface area contributed by atoms with E-state index in [-0.39, 0.29) is 94.8 Å². The molecule has 9 heterocycles. The maximum absolute atomic E-state index is 12.1. The summed E-state index contributed by atoms with van der Waals surface area (Å²) in [6.45, 7) is 59.2. The summed E-state index contributed by atoms with van der Waals surface area (Å²) in [6, 6.07) is 19.1. The molecular formula is C94H140Cl6F9N15O20. The topological polar surface area (TPSA) is 454 Å². The zero-order valence-electron chi connectivity index (χ0n) is 87.3. The molecule has 9 aromatic heterocycles. The Morgan fingerprint density at radius 3 is 0.938 bits per heavy atom. The highest BCUT2D eigenvalue weighted by Gasteiger charge is 2.53. The van der Waals surface area contributed by atoms with Gasteiger partial charge in [-0.3, -0.25) is 14.7 Å². The monoisotopic (exact) mass is 2180 g/mol. The van der Waals surface area contributed by atoms with Crippen LogP contribution >= 0.6 is 71.2 Å². The van der Waals surface area contributed by atoms with Crippen LogP contribution in [0, 0.1) is 43.3 Å². The van der Waals surface area contributed by atoms with Crippen molar-refractivity contribution >= 4 is 107 Å². The van der Waals surface area contributed by atoms with Crippen molar-refractivity contribution in [2.45, 2.75) is 269 Å². The Labute approximate surface area is 865 Å². The van der Waals surface area contributed by atoms with Gasteiger partial charge in [-0.25, -0.2) is 58.5 Å². The van der Waals surface area contributed by atoms with E-state index in [1.165, 1.54) is 47.4 Å². The zero-order chi connectivity index (χ0) is 111. The SMILES string of the molecule is CC(C)(C(=O)O)C(F)(F)F.CC(C)(C)COc1ccn(-c2ccc(C(=O)O)c(Cl)n2)n1.CC(C)(C)COc1ccn(-c2ccc(C(=O)OC(C)(C)C)c(Cl)n2)n1.CC(C)(C)COc1ccn(C(=O)OC(C)(C)C)n1.CC(C)(C)COc1ccn[nH]1.CC(C)(C)COc1ccn[nH]1.CC(C)(C)OC(=O)c1ccc(Cl)nc1Cl.CC(C)(C)OC(=O)n1ccc(=O)[nH]1.CC(C)(CO)C(F)(F)F.CC(C)(CO)C(F)(F)F.Cl.Cl. The normalized spacial score (nSPS) is 11.9. The van der Waals surface area contributed by atoms with Gasteiger partial charge in [0.25, 0.3) is 5.56 Å². The molecule has 7 N–H and O–H groups in total. The lowest BCUT2D eigenvalue weighted by Crippen LogP contribution is -2.39. The van der Waals surface area contributed by atoms with Gasteiger partial charge in [0.2, 0.25) is 29.4 Å². The molecule has 0 bridgehead atoms. The highest BCUT2D eigenvalue weighted by molar-refractivity contribution is 6.34. The number of carboxylic acids is 2. The number of nitrogens with zero attached hydrogens (tertiary/aromatic N) is 12. The van der Waals surface area contributed by atoms with E-state index in [0.717, 1.165) is 48.8 Å². The Morgan fingerprint density at radius 1 is 0.368 bits per heavy atom. The number of aliphatic hydroxyl groups excluding tert-OH is 2. The van der Waals surface area contributed by atoms with Crippen LogP contribution in [0.4, 0.5) is 49.1 Å². The minimum Gasteiger partial charge on any atom is -0.481 e. The quantitative estimate of drug-likeness (QED) is 0.0181. The summed E-state index contributed by atoms with van der Waals surface area (Å²) in [5, 5.41) is 61.5. The number of halogens is 15. The molecule has 0 aliphatic rings. The van der Waals surface area contributed by atoms with E-state index in [0.29, 0.717) is 76.2 Å². The van der Waals surface area contributed by atoms with E-state index in [9.17, 15) is 73.1 Å². The van der Waals surface area contributed by atoms with Crippen LogP contribution in [-0.2, 0) is 23.7 Å². The fourth-order valence-electron chi connectivity index (χ4n) is 7.63. The number of aromatic nitrogens is 15. The van der Waals surface area contributed by atoms with Gasteiger partial charge in [0.05, 0.1) is 86.2 Å². The first-order chi connectivity index (χ1) is 63.9. The van der Waals surface area contributed by atoms with Gasteiger partial charge in [-0.15, -0.1) is 40.1 Å². The number of hydrogen-bond donors (Lipinski definition) is 7. The van der Waals surface area contributed by atoms with Gasteiger partial charge in [0, 0.05) is 61.2 Å². The smallest absolute Gasteiger partial charge is 0.435 e. The summed E-state index contributed by atoms with van der Waals surface area (Å²) >= 11 is 23.3. The van der Waals surface area contributed by atoms with E-state index >= 15 is 0 Å². The molecule has 0 aliphatic heterocycles. The molecule has 9 aromatic rings. The molecule has 0 unspecified atom stereocenters. The van der Waals surface area contributed by atoms with Crippen LogP contribution in [0.1, 0.15) is 260 Å². The maximum atomic E-state index is 12.1. The van der Waals surface area contributed by atoms with Gasteiger partial charge in [-0.1, -0.05) is 150 Å². The third-order valence-electron chi connectivity index (χ3n) is 15.7. The highest BCUT2D eigenvalue weighted by atomic mass is 35.5. The van der Waals surface area contributed by atoms with Crippen molar-refractivity contribution < 1.29 is 131 Å². The number of aromatic amines is 3. The number of H-pyrrole nitrogens is 3. The predicted molar refractivity (Wildman–Crippen MR) is 533 cm³/mol. The van der Waals surface area contributed by atoms with Gasteiger partial charge < -0.3 is 63.1 Å². The predicted octanol–water partition coefficient (Wildman–Crippen LogP) is 24.0. The Morgan fingerprint density at radius 2 is 0.681 bits per heavy atom. The summed E-state index contributed by atoms with van der Waals surface area (Å²) in [4.78, 5) is 90.2. The highest BCUT2D eigenvalue weighted by Crippen LogP contribution is 2.39. The van der Waals surface area contributed by atoms with Crippen molar-refractivity contribution in [3.63, 3.8) is 0 Å². The number of alkyl halides is 9. The molecule has 0 radical (unpaired) electrons. The standard InChI is InChI=1S/C18H24ClN3O3.C14H16ClN3O3.C13H22N2O3.C10H11Cl2NO2.C8H12N2O3.2C8H14N2O.C5H7F3O2.2C5H9F3O.2ClH/c1-17(2,3)11-24-14-9-10-22(21-14)13-8-7-12(15(19)20-13)16(23)25-18(4,5)6;1-14(2,3)8-21-11-6-7-18(17-11)10-5-4-9(13(19)20)12(15)16-10;1-12(2,3)9-17-10-7-8-15(14-10)11(16)18-13(4,5)6;1-10(2,3)15-9(14)6-4-5-7(11)13-8(6)12;1-8(2,3)13-7(12)10-5-4-6(11)9-10;2*1-8(2,3)6-11-7-4-5-9-10-7;1-4(2,3(9)10)5(6,7)8;2*1-4(2,3-9)5(6,7)8;;/h7-10H,11H2,1-6H3;4-7H,8H2,1-3H3,(H,19,20);7-8H,9H2,1-6H3;4-5H,1-3H3;4-5H,1-3H3,(H,9,11);2*4-5H,6H2,1-3H3,(H,9,10);1-2H3,(H,9,10);2*9H,3H2,1-2H3;2*1H. The van der Waals surface area contributed by atoms with Crippen LogP contribution < -0.4 is 29.2 Å². The molecule has 0 aliphatic carbocycles. The number of aliphatic hydroxyl groups is 2. The van der Waals surface area contributed by atoms with Crippen molar-refractivity contribution in [3.05, 3.63) is 158 Å². The van der Waals surface area contributed by atoms with Crippen molar-refractivity contribution in [2.24, 2.45) is 43.3 Å². The molecule has 0 saturated carbocycles. The first-order valence-electron chi connectivity index (χ1n) is 43.5. The van der Waals surface area contributed by atoms with Crippen LogP contribution in [0.2, 0.25) is 20.6 Å². The lowest BCUT2D eigenvalue weighted by atomic mass is 9.93. The first kappa shape index (κ1) is 137. The van der Waals surface area contributed by atoms with Gasteiger partial charge in [-0.2, -0.15) is 59.1 Å². The molecule has 9 rings (SSSR count). The van der Waals surface area contributed by atoms with Crippen LogP contribution in [-0.4, -0.2) is 218 Å². The van der Waals surface area contributed by atoms with Gasteiger partial charge in [0.1, 0.15) is 43.0 Å². The zero-order valence-corrected chi connectivity index (χ0v) is 91.9. The summed E-state index contributed by atoms with van der Waals surface area (Å²) < 4.78 is 158. The van der Waals surface area contributed by atoms with E-state index in [2.05, 4.69) is 160 Å². The van der Waals surface area contributed by atoms with Crippen molar-refractivity contribution in [1.29, 1.82) is 0 Å². The molecule has 50 heteroatoms. The molecule has 0 spiro atoms. The fraction of sp³-hybridized carbons (Fsp3) is 0.585. The number of aliphatic carboxylic acids is 1. The minimum atomic E-state index is -4.68. The molecule has 144 heavy (non-hydrogen) atoms. The molecule has 0 fully saturated rings. The van der Waals surface area contributed by atoms with E-state index in [1.807, 2.05) is 32.9 Å². The van der Waals surface area contributed by atoms with Crippen molar-refractivity contribution in [3.8, 4) is 41.0 Å². The summed E-state index contributed by atoms with van der Waals surface area (Å²) in [5.74, 6) is -0.194. The lowest BCUT2D eigenvalue weighted by Gasteiger charge is -2.24. The fourth-order valence-corrected chi connectivity index (χ4v) is 8.50. The number of rotatable bonds is 18. The minimum absolute atomic E-state index is 0. The Bertz CT molecular complexity index is 5340. The number of carboxylic acid groups (broad SMARTS) is 2. The molecule has 0 atom stereocenters. The number of nitrogens with one attached hydrogen (secondary N) is 3. The van der Waals surface area contributed by atoms with Crippen LogP contribution in [0.5, 0.6) is 29.4 Å². The van der Waals surface area contributed by atoms with E-state index in [4.69, 9.17) is 109 Å². The second kappa shape index (κ2) is 57.5. The Kier molecular flexibility index (Phi) is 54.9. The molecule has 35 nitrogen and oxygen atoms in total. The van der Waals surface area contributed by atoms with E-state index < -0.39 is 106 Å². The second-order valence-electron chi connectivity index (χ2n) is 42.8. The Hall–Kier alpha value is -10.6. The molecule has 0 aromatic carbocycles. The average Bonchev–Trinajstić information content (AvgIpc) is 1.79.